The highest BCUT2D eigenvalue weighted by Crippen LogP contribution is 2.26. The van der Waals surface area contributed by atoms with Crippen LogP contribution in [0.1, 0.15) is 16.7 Å². The molecule has 6 heteroatoms. The van der Waals surface area contributed by atoms with E-state index in [9.17, 15) is 14.0 Å². The van der Waals surface area contributed by atoms with Crippen LogP contribution in [0, 0.1) is 19.7 Å². The van der Waals surface area contributed by atoms with Crippen molar-refractivity contribution < 1.29 is 13.6 Å². The molecule has 0 aliphatic rings. The quantitative estimate of drug-likeness (QED) is 0.452. The molecular weight excluding hydrogens is 393 g/mol. The number of rotatable bonds is 3. The van der Waals surface area contributed by atoms with Gasteiger partial charge in [-0.3, -0.25) is 9.59 Å². The van der Waals surface area contributed by atoms with Crippen LogP contribution < -0.4 is 10.7 Å². The number of halogens is 2. The summed E-state index contributed by atoms with van der Waals surface area (Å²) in [4.78, 5) is 25.5. The number of anilines is 1. The number of carbonyl (C=O) groups is 1. The molecule has 4 rings (SSSR count). The van der Waals surface area contributed by atoms with E-state index in [0.29, 0.717) is 33.2 Å². The molecular formula is C23H17ClFNO3. The van der Waals surface area contributed by atoms with Crippen molar-refractivity contribution in [1.29, 1.82) is 0 Å². The third-order valence-corrected chi connectivity index (χ3v) is 5.31. The van der Waals surface area contributed by atoms with E-state index in [1.807, 2.05) is 19.9 Å². The third-order valence-electron chi connectivity index (χ3n) is 5.02. The van der Waals surface area contributed by atoms with Gasteiger partial charge in [-0.15, -0.1) is 0 Å². The van der Waals surface area contributed by atoms with Gasteiger partial charge in [0.1, 0.15) is 17.0 Å². The molecule has 0 fully saturated rings. The molecule has 1 aromatic heterocycles. The van der Waals surface area contributed by atoms with Gasteiger partial charge in [0.25, 0.3) is 0 Å². The lowest BCUT2D eigenvalue weighted by Gasteiger charge is -2.10. The fraction of sp³-hybridized carbons (Fsp3) is 0.130. The molecule has 0 aliphatic heterocycles. The van der Waals surface area contributed by atoms with Gasteiger partial charge in [-0.25, -0.2) is 4.39 Å². The number of nitrogens with one attached hydrogen (secondary N) is 1. The summed E-state index contributed by atoms with van der Waals surface area (Å²) < 4.78 is 19.4. The molecule has 4 nitrogen and oxygen atoms in total. The lowest BCUT2D eigenvalue weighted by Crippen LogP contribution is -2.15. The molecule has 0 aliphatic carbocycles. The fourth-order valence-corrected chi connectivity index (χ4v) is 3.50. The normalized spacial score (nSPS) is 11.2. The number of hydrogen-bond acceptors (Lipinski definition) is 3. The van der Waals surface area contributed by atoms with Gasteiger partial charge < -0.3 is 9.73 Å². The molecule has 1 amide bonds. The molecule has 146 valence electrons. The van der Waals surface area contributed by atoms with E-state index in [1.54, 1.807) is 24.3 Å². The van der Waals surface area contributed by atoms with Gasteiger partial charge in [-0.05, 0) is 55.3 Å². The molecule has 0 saturated carbocycles. The Bertz CT molecular complexity index is 1340. The van der Waals surface area contributed by atoms with Crippen molar-refractivity contribution in [3.8, 4) is 0 Å². The van der Waals surface area contributed by atoms with Crippen molar-refractivity contribution in [3.63, 3.8) is 0 Å². The molecule has 3 aromatic carbocycles. The molecule has 1 heterocycles. The molecule has 0 bridgehead atoms. The Hall–Kier alpha value is -3.18. The van der Waals surface area contributed by atoms with Crippen LogP contribution in [0.25, 0.3) is 21.9 Å². The van der Waals surface area contributed by atoms with Gasteiger partial charge in [-0.1, -0.05) is 29.8 Å². The standard InChI is InChI=1S/C23H17ClFNO3/c1-12-6-8-17-21(28)16-5-3-4-14(23(16)29-22(17)13(12)2)10-20(27)26-15-7-9-19(25)18(24)11-15/h3-9,11H,10H2,1-2H3,(H,26,27). The molecule has 1 N–H and O–H groups in total. The maximum atomic E-state index is 13.3. The number of aryl methyl sites for hydroxylation is 2. The first kappa shape index (κ1) is 19.2. The maximum absolute atomic E-state index is 13.3. The molecule has 0 unspecified atom stereocenters. The SMILES string of the molecule is Cc1ccc2c(=O)c3cccc(CC(=O)Nc4ccc(F)c(Cl)c4)c3oc2c1C. The topological polar surface area (TPSA) is 59.3 Å². The molecule has 4 aromatic rings. The zero-order valence-corrected chi connectivity index (χ0v) is 16.6. The Kier molecular flexibility index (Phi) is 4.84. The highest BCUT2D eigenvalue weighted by molar-refractivity contribution is 6.31. The maximum Gasteiger partial charge on any atom is 0.228 e. The number of hydrogen-bond donors (Lipinski definition) is 1. The number of fused-ring (bicyclic) bond motifs is 2. The van der Waals surface area contributed by atoms with E-state index in [-0.39, 0.29) is 22.8 Å². The van der Waals surface area contributed by atoms with E-state index < -0.39 is 5.82 Å². The second kappa shape index (κ2) is 7.33. The minimum Gasteiger partial charge on any atom is -0.455 e. The Morgan fingerprint density at radius 2 is 1.83 bits per heavy atom. The minimum atomic E-state index is -0.557. The lowest BCUT2D eigenvalue weighted by molar-refractivity contribution is -0.115. The molecule has 29 heavy (non-hydrogen) atoms. The van der Waals surface area contributed by atoms with Gasteiger partial charge in [0, 0.05) is 11.3 Å². The minimum absolute atomic E-state index is 0.00829. The Morgan fingerprint density at radius 3 is 2.59 bits per heavy atom. The van der Waals surface area contributed by atoms with Crippen LogP contribution in [-0.4, -0.2) is 5.91 Å². The van der Waals surface area contributed by atoms with Crippen LogP contribution in [-0.2, 0) is 11.2 Å². The third kappa shape index (κ3) is 3.49. The average Bonchev–Trinajstić information content (AvgIpc) is 2.69. The van der Waals surface area contributed by atoms with Crippen LogP contribution in [0.4, 0.5) is 10.1 Å². The summed E-state index contributed by atoms with van der Waals surface area (Å²) in [5.74, 6) is -0.887. The van der Waals surface area contributed by atoms with Gasteiger partial charge in [-0.2, -0.15) is 0 Å². The fourth-order valence-electron chi connectivity index (χ4n) is 3.32. The Morgan fingerprint density at radius 1 is 1.07 bits per heavy atom. The smallest absolute Gasteiger partial charge is 0.228 e. The lowest BCUT2D eigenvalue weighted by atomic mass is 10.0. The predicted molar refractivity (Wildman–Crippen MR) is 113 cm³/mol. The van der Waals surface area contributed by atoms with Gasteiger partial charge in [0.2, 0.25) is 11.3 Å². The Balaban J connectivity index is 1.75. The Labute approximate surface area is 170 Å². The predicted octanol–water partition coefficient (Wildman–Crippen LogP) is 5.54. The van der Waals surface area contributed by atoms with Crippen molar-refractivity contribution in [2.24, 2.45) is 0 Å². The van der Waals surface area contributed by atoms with Crippen LogP contribution >= 0.6 is 11.6 Å². The van der Waals surface area contributed by atoms with Gasteiger partial charge >= 0.3 is 0 Å². The molecule has 0 spiro atoms. The highest BCUT2D eigenvalue weighted by Gasteiger charge is 2.15. The van der Waals surface area contributed by atoms with E-state index >= 15 is 0 Å². The van der Waals surface area contributed by atoms with Crippen LogP contribution in [0.3, 0.4) is 0 Å². The van der Waals surface area contributed by atoms with E-state index in [0.717, 1.165) is 11.1 Å². The molecule has 0 radical (unpaired) electrons. The van der Waals surface area contributed by atoms with Gasteiger partial charge in [0.05, 0.1) is 22.2 Å². The summed E-state index contributed by atoms with van der Waals surface area (Å²) in [6, 6.07) is 12.8. The van der Waals surface area contributed by atoms with Gasteiger partial charge in [0.15, 0.2) is 0 Å². The van der Waals surface area contributed by atoms with Crippen molar-refractivity contribution in [3.05, 3.63) is 86.3 Å². The van der Waals surface area contributed by atoms with Crippen LogP contribution in [0.15, 0.2) is 57.7 Å². The largest absolute Gasteiger partial charge is 0.455 e. The zero-order chi connectivity index (χ0) is 20.7. The number of para-hydroxylation sites is 1. The summed E-state index contributed by atoms with van der Waals surface area (Å²) >= 11 is 5.76. The van der Waals surface area contributed by atoms with Crippen molar-refractivity contribution in [1.82, 2.24) is 0 Å². The van der Waals surface area contributed by atoms with Crippen LogP contribution in [0.2, 0.25) is 5.02 Å². The first-order valence-corrected chi connectivity index (χ1v) is 9.42. The summed E-state index contributed by atoms with van der Waals surface area (Å²) in [5, 5.41) is 3.56. The van der Waals surface area contributed by atoms with E-state index in [2.05, 4.69) is 5.32 Å². The summed E-state index contributed by atoms with van der Waals surface area (Å²) in [6.45, 7) is 3.85. The number of carbonyl (C=O) groups excluding carboxylic acids is 1. The van der Waals surface area contributed by atoms with Crippen molar-refractivity contribution in [2.75, 3.05) is 5.32 Å². The monoisotopic (exact) mass is 409 g/mol. The highest BCUT2D eigenvalue weighted by atomic mass is 35.5. The van der Waals surface area contributed by atoms with Crippen molar-refractivity contribution >= 4 is 45.1 Å². The van der Waals surface area contributed by atoms with E-state index in [4.69, 9.17) is 16.0 Å². The van der Waals surface area contributed by atoms with E-state index in [1.165, 1.54) is 18.2 Å². The second-order valence-corrected chi connectivity index (χ2v) is 7.37. The van der Waals surface area contributed by atoms with Crippen LogP contribution in [0.5, 0.6) is 0 Å². The number of benzene rings is 3. The number of amides is 1. The summed E-state index contributed by atoms with van der Waals surface area (Å²) in [7, 11) is 0. The molecule has 0 saturated heterocycles. The van der Waals surface area contributed by atoms with Crippen molar-refractivity contribution in [2.45, 2.75) is 20.3 Å². The summed E-state index contributed by atoms with van der Waals surface area (Å²) in [6.07, 6.45) is -0.00829. The molecule has 0 atom stereocenters. The summed E-state index contributed by atoms with van der Waals surface area (Å²) in [5.41, 5.74) is 3.68. The first-order valence-electron chi connectivity index (χ1n) is 9.04. The first-order chi connectivity index (χ1) is 13.8. The average molecular weight is 410 g/mol. The zero-order valence-electron chi connectivity index (χ0n) is 15.8. The second-order valence-electron chi connectivity index (χ2n) is 6.96.